The Morgan fingerprint density at radius 3 is 2.41 bits per heavy atom. The van der Waals surface area contributed by atoms with Crippen molar-refractivity contribution in [1.29, 1.82) is 0 Å². The number of hydrogen-bond donors (Lipinski definition) is 2. The first-order chi connectivity index (χ1) is 18.0. The van der Waals surface area contributed by atoms with Crippen LogP contribution in [0.15, 0.2) is 47.8 Å². The molecule has 3 N–H and O–H groups in total. The van der Waals surface area contributed by atoms with E-state index >= 15 is 0 Å². The minimum atomic E-state index is -0.385. The molecule has 2 saturated heterocycles. The SMILES string of the molecule is COc1ccc(N2CCC3(CC2)CC(C(=O)NN2CCN(c4ncccc4Cl)CC2)=NO3)cc1.NC=O. The summed E-state index contributed by atoms with van der Waals surface area (Å²) in [6.07, 6.45) is 4.18. The average Bonchev–Trinajstić information content (AvgIpc) is 3.34. The van der Waals surface area contributed by atoms with Crippen LogP contribution in [0.4, 0.5) is 11.5 Å². The van der Waals surface area contributed by atoms with Crippen molar-refractivity contribution >= 4 is 41.1 Å². The topological polar surface area (TPSA) is 126 Å². The number of pyridine rings is 1. The van der Waals surface area contributed by atoms with Gasteiger partial charge < -0.3 is 25.1 Å². The third-order valence-corrected chi connectivity index (χ3v) is 7.09. The van der Waals surface area contributed by atoms with Gasteiger partial charge in [-0.3, -0.25) is 15.0 Å². The summed E-state index contributed by atoms with van der Waals surface area (Å²) in [4.78, 5) is 36.1. The summed E-state index contributed by atoms with van der Waals surface area (Å²) in [5.74, 6) is 1.45. The molecule has 1 spiro atoms. The maximum absolute atomic E-state index is 12.9. The second kappa shape index (κ2) is 12.1. The number of ether oxygens (including phenoxy) is 1. The van der Waals surface area contributed by atoms with Crippen molar-refractivity contribution in [3.8, 4) is 5.75 Å². The van der Waals surface area contributed by atoms with E-state index in [1.807, 2.05) is 29.3 Å². The Labute approximate surface area is 221 Å². The van der Waals surface area contributed by atoms with Crippen LogP contribution in [0.5, 0.6) is 5.75 Å². The molecule has 2 fully saturated rings. The van der Waals surface area contributed by atoms with Gasteiger partial charge in [0.05, 0.1) is 12.1 Å². The predicted octanol–water partition coefficient (Wildman–Crippen LogP) is 1.81. The number of benzene rings is 1. The lowest BCUT2D eigenvalue weighted by atomic mass is 9.86. The quantitative estimate of drug-likeness (QED) is 0.562. The Bertz CT molecular complexity index is 1100. The van der Waals surface area contributed by atoms with Crippen molar-refractivity contribution in [2.75, 3.05) is 56.2 Å². The van der Waals surface area contributed by atoms with Crippen molar-refractivity contribution < 1.29 is 19.2 Å². The van der Waals surface area contributed by atoms with Crippen molar-refractivity contribution in [1.82, 2.24) is 15.4 Å². The molecule has 2 aromatic rings. The minimum absolute atomic E-state index is 0.182. The molecule has 11 nitrogen and oxygen atoms in total. The molecule has 1 aromatic heterocycles. The summed E-state index contributed by atoms with van der Waals surface area (Å²) in [5.41, 5.74) is 8.41. The number of primary amides is 1. The molecule has 0 bridgehead atoms. The number of anilines is 2. The van der Waals surface area contributed by atoms with E-state index in [0.717, 1.165) is 50.6 Å². The van der Waals surface area contributed by atoms with Gasteiger partial charge in [0.15, 0.2) is 0 Å². The van der Waals surface area contributed by atoms with Gasteiger partial charge in [0.25, 0.3) is 5.91 Å². The number of carbonyl (C=O) groups is 2. The van der Waals surface area contributed by atoms with Gasteiger partial charge in [0, 0.05) is 70.4 Å². The third kappa shape index (κ3) is 6.41. The highest BCUT2D eigenvalue weighted by Crippen LogP contribution is 2.36. The Balaban J connectivity index is 0.00000102. The van der Waals surface area contributed by atoms with Crippen LogP contribution < -0.4 is 25.7 Å². The first kappa shape index (κ1) is 26.5. The molecular formula is C25H32ClN7O4. The predicted molar refractivity (Wildman–Crippen MR) is 142 cm³/mol. The summed E-state index contributed by atoms with van der Waals surface area (Å²) in [5, 5.41) is 6.74. The molecule has 198 valence electrons. The molecule has 1 aromatic carbocycles. The van der Waals surface area contributed by atoms with Crippen LogP contribution in [0, 0.1) is 0 Å². The lowest BCUT2D eigenvalue weighted by Gasteiger charge is -2.38. The number of halogens is 1. The number of amides is 2. The molecule has 0 aliphatic carbocycles. The van der Waals surface area contributed by atoms with Crippen LogP contribution in [-0.4, -0.2) is 80.0 Å². The van der Waals surface area contributed by atoms with Crippen LogP contribution in [0.2, 0.25) is 5.02 Å². The summed E-state index contributed by atoms with van der Waals surface area (Å²) in [6, 6.07) is 11.8. The zero-order valence-electron chi connectivity index (χ0n) is 20.8. The molecular weight excluding hydrogens is 498 g/mol. The van der Waals surface area contributed by atoms with Gasteiger partial charge in [-0.15, -0.1) is 0 Å². The molecule has 5 rings (SSSR count). The highest BCUT2D eigenvalue weighted by molar-refractivity contribution is 6.39. The molecule has 3 aliphatic rings. The average molecular weight is 530 g/mol. The molecule has 0 unspecified atom stereocenters. The number of piperazine rings is 1. The molecule has 0 saturated carbocycles. The van der Waals surface area contributed by atoms with E-state index < -0.39 is 0 Å². The van der Waals surface area contributed by atoms with Crippen molar-refractivity contribution in [2.24, 2.45) is 10.9 Å². The number of oxime groups is 1. The largest absolute Gasteiger partial charge is 0.497 e. The van der Waals surface area contributed by atoms with Gasteiger partial charge in [0.2, 0.25) is 6.41 Å². The number of carbonyl (C=O) groups excluding carboxylic acids is 2. The molecule has 0 radical (unpaired) electrons. The van der Waals surface area contributed by atoms with Gasteiger partial charge in [-0.25, -0.2) is 9.99 Å². The zero-order chi connectivity index (χ0) is 26.3. The van der Waals surface area contributed by atoms with E-state index in [-0.39, 0.29) is 17.9 Å². The maximum Gasteiger partial charge on any atom is 0.283 e. The van der Waals surface area contributed by atoms with Gasteiger partial charge in [-0.05, 0) is 36.4 Å². The fraction of sp³-hybridized carbons (Fsp3) is 0.440. The molecule has 2 amide bonds. The molecule has 3 aliphatic heterocycles. The Morgan fingerprint density at radius 2 is 1.78 bits per heavy atom. The number of nitrogens with zero attached hydrogens (tertiary/aromatic N) is 5. The molecule has 37 heavy (non-hydrogen) atoms. The summed E-state index contributed by atoms with van der Waals surface area (Å²) in [6.45, 7) is 4.52. The summed E-state index contributed by atoms with van der Waals surface area (Å²) >= 11 is 6.27. The summed E-state index contributed by atoms with van der Waals surface area (Å²) < 4.78 is 5.25. The lowest BCUT2D eigenvalue weighted by molar-refractivity contribution is -0.119. The highest BCUT2D eigenvalue weighted by Gasteiger charge is 2.44. The van der Waals surface area contributed by atoms with Crippen molar-refractivity contribution in [3.05, 3.63) is 47.6 Å². The number of aromatic nitrogens is 1. The van der Waals surface area contributed by atoms with E-state index in [1.54, 1.807) is 13.3 Å². The van der Waals surface area contributed by atoms with E-state index in [0.29, 0.717) is 30.2 Å². The number of piperidine rings is 1. The zero-order valence-corrected chi connectivity index (χ0v) is 21.6. The first-order valence-electron chi connectivity index (χ1n) is 12.2. The smallest absolute Gasteiger partial charge is 0.283 e. The van der Waals surface area contributed by atoms with Crippen LogP contribution in [-0.2, 0) is 14.4 Å². The standard InChI is InChI=1S/C24H29ClN6O3.CH3NO/c1-33-19-6-4-18(5-7-19)29-11-8-24(9-12-29)17-21(28-34-24)23(32)27-31-15-13-30(14-16-31)22-20(25)3-2-10-26-22;2-1-3/h2-7,10H,8-9,11-17H2,1H3,(H,27,32);1H,(H2,2,3). The Hall–Kier alpha value is -3.57. The Kier molecular flexibility index (Phi) is 8.67. The van der Waals surface area contributed by atoms with Crippen molar-refractivity contribution in [2.45, 2.75) is 24.9 Å². The number of hydrogen-bond acceptors (Lipinski definition) is 9. The number of rotatable bonds is 5. The fourth-order valence-electron chi connectivity index (χ4n) is 4.73. The minimum Gasteiger partial charge on any atom is -0.497 e. The second-order valence-corrected chi connectivity index (χ2v) is 9.44. The van der Waals surface area contributed by atoms with Crippen LogP contribution in [0.25, 0.3) is 0 Å². The van der Waals surface area contributed by atoms with Gasteiger partial charge in [-0.1, -0.05) is 16.8 Å². The van der Waals surface area contributed by atoms with Crippen LogP contribution >= 0.6 is 11.6 Å². The second-order valence-electron chi connectivity index (χ2n) is 9.03. The van der Waals surface area contributed by atoms with Gasteiger partial charge >= 0.3 is 0 Å². The third-order valence-electron chi connectivity index (χ3n) is 6.79. The van der Waals surface area contributed by atoms with E-state index in [4.69, 9.17) is 26.0 Å². The normalized spacial score (nSPS) is 18.8. The number of nitrogens with two attached hydrogens (primary N) is 1. The summed E-state index contributed by atoms with van der Waals surface area (Å²) in [7, 11) is 1.67. The van der Waals surface area contributed by atoms with E-state index in [1.165, 1.54) is 5.69 Å². The number of hydrazine groups is 1. The highest BCUT2D eigenvalue weighted by atomic mass is 35.5. The van der Waals surface area contributed by atoms with E-state index in [2.05, 4.69) is 43.2 Å². The number of methoxy groups -OCH3 is 1. The van der Waals surface area contributed by atoms with Crippen LogP contribution in [0.1, 0.15) is 19.3 Å². The first-order valence-corrected chi connectivity index (χ1v) is 12.6. The fourth-order valence-corrected chi connectivity index (χ4v) is 4.97. The van der Waals surface area contributed by atoms with Gasteiger partial charge in [-0.2, -0.15) is 0 Å². The van der Waals surface area contributed by atoms with Gasteiger partial charge in [0.1, 0.15) is 22.9 Å². The molecule has 4 heterocycles. The Morgan fingerprint density at radius 1 is 1.11 bits per heavy atom. The van der Waals surface area contributed by atoms with E-state index in [9.17, 15) is 4.79 Å². The monoisotopic (exact) mass is 529 g/mol. The number of nitrogens with one attached hydrogen (secondary N) is 1. The maximum atomic E-state index is 12.9. The van der Waals surface area contributed by atoms with Crippen molar-refractivity contribution in [3.63, 3.8) is 0 Å². The van der Waals surface area contributed by atoms with Crippen LogP contribution in [0.3, 0.4) is 0 Å². The molecule has 0 atom stereocenters. The lowest BCUT2D eigenvalue weighted by Crippen LogP contribution is -2.55. The molecule has 12 heteroatoms.